The number of benzene rings is 2. The topological polar surface area (TPSA) is 29.5 Å². The Morgan fingerprint density at radius 3 is 2.47 bits per heavy atom. The van der Waals surface area contributed by atoms with Gasteiger partial charge in [-0.1, -0.05) is 42.4 Å². The highest BCUT2D eigenvalue weighted by Gasteiger charge is 2.23. The first-order valence-electron chi connectivity index (χ1n) is 5.16. The molecule has 0 spiro atoms. The Labute approximate surface area is 104 Å². The number of ether oxygens (including phenoxy) is 1. The van der Waals surface area contributed by atoms with E-state index < -0.39 is 0 Å². The normalized spacial score (nSPS) is 12.6. The molecule has 2 nitrogen and oxygen atoms in total. The molecule has 0 bridgehead atoms. The zero-order valence-electron chi connectivity index (χ0n) is 8.90. The quantitative estimate of drug-likeness (QED) is 0.757. The third kappa shape index (κ3) is 1.41. The molecule has 0 radical (unpaired) electrons. The fourth-order valence-corrected chi connectivity index (χ4v) is 2.15. The van der Waals surface area contributed by atoms with Crippen molar-refractivity contribution in [2.45, 2.75) is 0 Å². The average Bonchev–Trinajstić information content (AvgIpc) is 2.35. The van der Waals surface area contributed by atoms with Crippen LogP contribution in [0.4, 0.5) is 0 Å². The van der Waals surface area contributed by atoms with Crippen molar-refractivity contribution in [2.24, 2.45) is 0 Å². The maximum atomic E-state index is 9.89. The summed E-state index contributed by atoms with van der Waals surface area (Å²) in [5, 5.41) is 10.2. The van der Waals surface area contributed by atoms with Crippen molar-refractivity contribution in [3.05, 3.63) is 53.6 Å². The van der Waals surface area contributed by atoms with Gasteiger partial charge in [-0.2, -0.15) is 0 Å². The summed E-state index contributed by atoms with van der Waals surface area (Å²) in [6, 6.07) is 11.3. The number of rotatable bonds is 0. The second-order valence-corrected chi connectivity index (χ2v) is 4.25. The highest BCUT2D eigenvalue weighted by molar-refractivity contribution is 6.32. The van der Waals surface area contributed by atoms with Crippen LogP contribution in [0.5, 0.6) is 11.5 Å². The zero-order chi connectivity index (χ0) is 12.0. The summed E-state index contributed by atoms with van der Waals surface area (Å²) < 4.78 is 5.54. The van der Waals surface area contributed by atoms with Crippen LogP contribution >= 0.6 is 11.6 Å². The van der Waals surface area contributed by atoms with Crippen LogP contribution in [0.1, 0.15) is 5.56 Å². The first kappa shape index (κ1) is 10.2. The van der Waals surface area contributed by atoms with Crippen LogP contribution in [0.3, 0.4) is 0 Å². The van der Waals surface area contributed by atoms with Crippen LogP contribution in [0.25, 0.3) is 16.9 Å². The fourth-order valence-electron chi connectivity index (χ4n) is 2.00. The molecule has 0 amide bonds. The van der Waals surface area contributed by atoms with Crippen molar-refractivity contribution in [3.63, 3.8) is 0 Å². The first-order valence-corrected chi connectivity index (χ1v) is 5.54. The van der Waals surface area contributed by atoms with Gasteiger partial charge in [-0.25, -0.2) is 0 Å². The lowest BCUT2D eigenvalue weighted by Crippen LogP contribution is -2.03. The number of halogens is 1. The number of phenols is 1. The predicted molar refractivity (Wildman–Crippen MR) is 68.2 cm³/mol. The van der Waals surface area contributed by atoms with Crippen molar-refractivity contribution in [1.29, 1.82) is 0 Å². The Kier molecular flexibility index (Phi) is 2.13. The summed E-state index contributed by atoms with van der Waals surface area (Å²) in [6.07, 6.45) is 0. The van der Waals surface area contributed by atoms with E-state index in [2.05, 4.69) is 6.58 Å². The second-order valence-electron chi connectivity index (χ2n) is 3.84. The van der Waals surface area contributed by atoms with Gasteiger partial charge < -0.3 is 9.84 Å². The molecule has 1 N–H and O–H groups in total. The lowest BCUT2D eigenvalue weighted by atomic mass is 9.95. The molecule has 84 valence electrons. The van der Waals surface area contributed by atoms with E-state index in [9.17, 15) is 5.11 Å². The van der Waals surface area contributed by atoms with Crippen molar-refractivity contribution < 1.29 is 9.84 Å². The van der Waals surface area contributed by atoms with Gasteiger partial charge in [0.1, 0.15) is 5.76 Å². The third-order valence-electron chi connectivity index (χ3n) is 2.83. The maximum absolute atomic E-state index is 9.89. The minimum atomic E-state index is -0.0418. The highest BCUT2D eigenvalue weighted by atomic mass is 35.5. The summed E-state index contributed by atoms with van der Waals surface area (Å²) in [4.78, 5) is 0. The Balaban J connectivity index is 2.36. The van der Waals surface area contributed by atoms with Crippen LogP contribution in [0.2, 0.25) is 5.02 Å². The molecule has 0 saturated carbocycles. The Bertz CT molecular complexity index is 632. The molecule has 0 saturated heterocycles. The van der Waals surface area contributed by atoms with Gasteiger partial charge in [-0.3, -0.25) is 0 Å². The Morgan fingerprint density at radius 1 is 1.00 bits per heavy atom. The largest absolute Gasteiger partial charge is 0.503 e. The second kappa shape index (κ2) is 3.54. The van der Waals surface area contributed by atoms with E-state index in [1.165, 1.54) is 0 Å². The van der Waals surface area contributed by atoms with Crippen LogP contribution in [-0.4, -0.2) is 5.11 Å². The first-order chi connectivity index (χ1) is 8.18. The monoisotopic (exact) mass is 244 g/mol. The molecule has 0 fully saturated rings. The van der Waals surface area contributed by atoms with Gasteiger partial charge in [0, 0.05) is 11.1 Å². The van der Waals surface area contributed by atoms with Gasteiger partial charge >= 0.3 is 0 Å². The standard InChI is InChI=1S/C14H9ClO2/c1-8-9-4-2-3-5-10(9)11-6-7-12(15)13(16)14(11)17-8/h2-7,16H,1H2. The van der Waals surface area contributed by atoms with E-state index in [1.807, 2.05) is 30.3 Å². The summed E-state index contributed by atoms with van der Waals surface area (Å²) >= 11 is 5.86. The van der Waals surface area contributed by atoms with Gasteiger partial charge in [0.25, 0.3) is 0 Å². The molecule has 0 atom stereocenters. The van der Waals surface area contributed by atoms with E-state index in [1.54, 1.807) is 6.07 Å². The van der Waals surface area contributed by atoms with E-state index in [0.29, 0.717) is 11.5 Å². The molecule has 2 aromatic rings. The van der Waals surface area contributed by atoms with Crippen LogP contribution < -0.4 is 4.74 Å². The van der Waals surface area contributed by atoms with Crippen molar-refractivity contribution in [2.75, 3.05) is 0 Å². The number of hydrogen-bond donors (Lipinski definition) is 1. The molecule has 17 heavy (non-hydrogen) atoms. The van der Waals surface area contributed by atoms with Gasteiger partial charge in [-0.15, -0.1) is 0 Å². The molecular formula is C14H9ClO2. The average molecular weight is 245 g/mol. The fraction of sp³-hybridized carbons (Fsp3) is 0. The van der Waals surface area contributed by atoms with Gasteiger partial charge in [-0.05, 0) is 17.7 Å². The summed E-state index contributed by atoms with van der Waals surface area (Å²) in [6.45, 7) is 3.85. The van der Waals surface area contributed by atoms with Gasteiger partial charge in [0.15, 0.2) is 11.5 Å². The number of fused-ring (bicyclic) bond motifs is 3. The molecular weight excluding hydrogens is 236 g/mol. The summed E-state index contributed by atoms with van der Waals surface area (Å²) in [5.74, 6) is 0.853. The van der Waals surface area contributed by atoms with Crippen LogP contribution in [-0.2, 0) is 0 Å². The summed E-state index contributed by atoms with van der Waals surface area (Å²) in [5.41, 5.74) is 2.75. The number of aromatic hydroxyl groups is 1. The molecule has 1 aliphatic heterocycles. The third-order valence-corrected chi connectivity index (χ3v) is 3.13. The van der Waals surface area contributed by atoms with Crippen LogP contribution in [0.15, 0.2) is 43.0 Å². The highest BCUT2D eigenvalue weighted by Crippen LogP contribution is 2.48. The van der Waals surface area contributed by atoms with Crippen molar-refractivity contribution in [3.8, 4) is 22.6 Å². The molecule has 0 aromatic heterocycles. The van der Waals surface area contributed by atoms with E-state index in [4.69, 9.17) is 16.3 Å². The Hall–Kier alpha value is -1.93. The minimum Gasteiger partial charge on any atom is -0.503 e. The molecule has 0 aliphatic carbocycles. The minimum absolute atomic E-state index is 0.0418. The lowest BCUT2D eigenvalue weighted by Gasteiger charge is -2.23. The van der Waals surface area contributed by atoms with Crippen LogP contribution in [0, 0.1) is 0 Å². The zero-order valence-corrected chi connectivity index (χ0v) is 9.66. The van der Waals surface area contributed by atoms with E-state index in [0.717, 1.165) is 16.7 Å². The molecule has 3 heteroatoms. The van der Waals surface area contributed by atoms with E-state index >= 15 is 0 Å². The van der Waals surface area contributed by atoms with Gasteiger partial charge in [0.05, 0.1) is 5.02 Å². The molecule has 0 unspecified atom stereocenters. The van der Waals surface area contributed by atoms with Gasteiger partial charge in [0.2, 0.25) is 0 Å². The molecule has 3 rings (SSSR count). The molecule has 1 aliphatic rings. The number of phenolic OH excluding ortho intramolecular Hbond substituents is 1. The molecule has 2 aromatic carbocycles. The SMILES string of the molecule is C=C1Oc2c(ccc(Cl)c2O)-c2ccccc21. The predicted octanol–water partition coefficient (Wildman–Crippen LogP) is 4.08. The Morgan fingerprint density at radius 2 is 1.71 bits per heavy atom. The lowest BCUT2D eigenvalue weighted by molar-refractivity contribution is 0.423. The smallest absolute Gasteiger partial charge is 0.178 e. The van der Waals surface area contributed by atoms with Crippen molar-refractivity contribution in [1.82, 2.24) is 0 Å². The summed E-state index contributed by atoms with van der Waals surface area (Å²) in [7, 11) is 0. The number of hydrogen-bond acceptors (Lipinski definition) is 2. The maximum Gasteiger partial charge on any atom is 0.178 e. The molecule has 1 heterocycles. The van der Waals surface area contributed by atoms with E-state index in [-0.39, 0.29) is 10.8 Å². The van der Waals surface area contributed by atoms with Crippen molar-refractivity contribution >= 4 is 17.4 Å².